The largest absolute Gasteiger partial charge is 0.398 e. The van der Waals surface area contributed by atoms with Gasteiger partial charge in [-0.25, -0.2) is 13.1 Å². The Labute approximate surface area is 118 Å². The molecule has 19 heavy (non-hydrogen) atoms. The summed E-state index contributed by atoms with van der Waals surface area (Å²) in [5.41, 5.74) is 5.82. The highest BCUT2D eigenvalue weighted by molar-refractivity contribution is 7.89. The summed E-state index contributed by atoms with van der Waals surface area (Å²) >= 11 is 5.91. The van der Waals surface area contributed by atoms with Gasteiger partial charge in [0.2, 0.25) is 10.0 Å². The molecule has 0 aromatic heterocycles. The fraction of sp³-hybridized carbons (Fsp3) is 0.500. The molecule has 106 valence electrons. The first-order valence-corrected chi connectivity index (χ1v) is 8.02. The van der Waals surface area contributed by atoms with Crippen LogP contribution in [0, 0.1) is 0 Å². The maximum atomic E-state index is 12.2. The van der Waals surface area contributed by atoms with Crippen molar-refractivity contribution in [3.05, 3.63) is 23.2 Å². The third kappa shape index (κ3) is 3.60. The fourth-order valence-corrected chi connectivity index (χ4v) is 3.79. The lowest BCUT2D eigenvalue weighted by atomic mass is 10.1. The van der Waals surface area contributed by atoms with Crippen molar-refractivity contribution in [2.24, 2.45) is 0 Å². The zero-order chi connectivity index (χ0) is 13.9. The SMILES string of the molecule is Nc1cccc(Cl)c1S(=O)(=O)NCC1CCCCO1. The Hall–Kier alpha value is -0.820. The topological polar surface area (TPSA) is 81.4 Å². The van der Waals surface area contributed by atoms with Crippen molar-refractivity contribution in [1.29, 1.82) is 0 Å². The predicted octanol–water partition coefficient (Wildman–Crippen LogP) is 1.77. The van der Waals surface area contributed by atoms with Gasteiger partial charge in [0.05, 0.1) is 16.8 Å². The van der Waals surface area contributed by atoms with E-state index in [1.807, 2.05) is 0 Å². The van der Waals surface area contributed by atoms with Gasteiger partial charge in [-0.3, -0.25) is 0 Å². The molecule has 1 aromatic carbocycles. The van der Waals surface area contributed by atoms with Gasteiger partial charge in [-0.05, 0) is 31.4 Å². The minimum absolute atomic E-state index is 0.0625. The van der Waals surface area contributed by atoms with Crippen LogP contribution in [0.5, 0.6) is 0 Å². The van der Waals surface area contributed by atoms with Crippen LogP contribution in [0.25, 0.3) is 0 Å². The fourth-order valence-electron chi connectivity index (χ4n) is 2.05. The molecule has 1 aliphatic rings. The number of ether oxygens (including phenoxy) is 1. The van der Waals surface area contributed by atoms with Crippen LogP contribution in [0.4, 0.5) is 5.69 Å². The minimum Gasteiger partial charge on any atom is -0.398 e. The van der Waals surface area contributed by atoms with E-state index in [2.05, 4.69) is 4.72 Å². The zero-order valence-corrected chi connectivity index (χ0v) is 12.0. The molecule has 0 amide bonds. The molecular formula is C12H17ClN2O3S. The van der Waals surface area contributed by atoms with Crippen molar-refractivity contribution < 1.29 is 13.2 Å². The van der Waals surface area contributed by atoms with Gasteiger partial charge in [0, 0.05) is 13.2 Å². The lowest BCUT2D eigenvalue weighted by Crippen LogP contribution is -2.35. The summed E-state index contributed by atoms with van der Waals surface area (Å²) in [5.74, 6) is 0. The van der Waals surface area contributed by atoms with Crippen molar-refractivity contribution >= 4 is 27.3 Å². The molecular weight excluding hydrogens is 288 g/mol. The first-order chi connectivity index (χ1) is 9.00. The third-order valence-electron chi connectivity index (χ3n) is 3.04. The average Bonchev–Trinajstić information content (AvgIpc) is 2.37. The van der Waals surface area contributed by atoms with Crippen LogP contribution in [-0.2, 0) is 14.8 Å². The summed E-state index contributed by atoms with van der Waals surface area (Å²) in [7, 11) is -3.71. The molecule has 0 aliphatic carbocycles. The Morgan fingerprint density at radius 3 is 2.84 bits per heavy atom. The molecule has 2 rings (SSSR count). The molecule has 0 radical (unpaired) electrons. The third-order valence-corrected chi connectivity index (χ3v) is 5.01. The van der Waals surface area contributed by atoms with Gasteiger partial charge in [-0.15, -0.1) is 0 Å². The lowest BCUT2D eigenvalue weighted by molar-refractivity contribution is 0.0200. The molecule has 5 nitrogen and oxygen atoms in total. The Morgan fingerprint density at radius 2 is 2.21 bits per heavy atom. The molecule has 0 bridgehead atoms. The van der Waals surface area contributed by atoms with Gasteiger partial charge in [-0.1, -0.05) is 17.7 Å². The molecule has 3 N–H and O–H groups in total. The lowest BCUT2D eigenvalue weighted by Gasteiger charge is -2.23. The number of halogens is 1. The number of sulfonamides is 1. The molecule has 1 aromatic rings. The molecule has 0 saturated carbocycles. The van der Waals surface area contributed by atoms with Gasteiger partial charge >= 0.3 is 0 Å². The maximum Gasteiger partial charge on any atom is 0.244 e. The Morgan fingerprint density at radius 1 is 1.42 bits per heavy atom. The normalized spacial score (nSPS) is 20.4. The molecule has 7 heteroatoms. The Bertz CT molecular complexity index is 522. The highest BCUT2D eigenvalue weighted by Gasteiger charge is 2.23. The molecule has 1 aliphatic heterocycles. The van der Waals surface area contributed by atoms with E-state index in [4.69, 9.17) is 22.1 Å². The summed E-state index contributed by atoms with van der Waals surface area (Å²) in [5, 5.41) is 0.122. The summed E-state index contributed by atoms with van der Waals surface area (Å²) < 4.78 is 32.4. The Kier molecular flexibility index (Phi) is 4.67. The van der Waals surface area contributed by atoms with Crippen LogP contribution in [0.15, 0.2) is 23.1 Å². The summed E-state index contributed by atoms with van der Waals surface area (Å²) in [6.07, 6.45) is 2.87. The number of nitrogens with one attached hydrogen (secondary N) is 1. The van der Waals surface area contributed by atoms with Gasteiger partial charge < -0.3 is 10.5 Å². The molecule has 1 fully saturated rings. The second kappa shape index (κ2) is 6.09. The van der Waals surface area contributed by atoms with Crippen LogP contribution in [-0.4, -0.2) is 27.7 Å². The van der Waals surface area contributed by atoms with Crippen molar-refractivity contribution in [2.75, 3.05) is 18.9 Å². The number of rotatable bonds is 4. The average molecular weight is 305 g/mol. The zero-order valence-electron chi connectivity index (χ0n) is 10.4. The monoisotopic (exact) mass is 304 g/mol. The molecule has 1 heterocycles. The highest BCUT2D eigenvalue weighted by Crippen LogP contribution is 2.26. The summed E-state index contributed by atoms with van der Waals surface area (Å²) in [6, 6.07) is 4.63. The van der Waals surface area contributed by atoms with E-state index in [1.165, 1.54) is 12.1 Å². The van der Waals surface area contributed by atoms with E-state index in [-0.39, 0.29) is 28.3 Å². The first kappa shape index (κ1) is 14.6. The smallest absolute Gasteiger partial charge is 0.244 e. The number of hydrogen-bond acceptors (Lipinski definition) is 4. The minimum atomic E-state index is -3.71. The van der Waals surface area contributed by atoms with Gasteiger partial charge in [0.25, 0.3) is 0 Å². The van der Waals surface area contributed by atoms with Crippen LogP contribution in [0.1, 0.15) is 19.3 Å². The van der Waals surface area contributed by atoms with Gasteiger partial charge in [-0.2, -0.15) is 0 Å². The van der Waals surface area contributed by atoms with Crippen LogP contribution in [0.3, 0.4) is 0 Å². The summed E-state index contributed by atoms with van der Waals surface area (Å²) in [4.78, 5) is -0.0625. The van der Waals surface area contributed by atoms with E-state index >= 15 is 0 Å². The molecule has 1 unspecified atom stereocenters. The van der Waals surface area contributed by atoms with Gasteiger partial charge in [0.15, 0.2) is 0 Å². The number of hydrogen-bond donors (Lipinski definition) is 2. The van der Waals surface area contributed by atoms with Crippen molar-refractivity contribution in [3.8, 4) is 0 Å². The van der Waals surface area contributed by atoms with Crippen molar-refractivity contribution in [3.63, 3.8) is 0 Å². The number of nitrogen functional groups attached to an aromatic ring is 1. The second-order valence-electron chi connectivity index (χ2n) is 4.50. The quantitative estimate of drug-likeness (QED) is 0.831. The molecule has 0 spiro atoms. The second-order valence-corrected chi connectivity index (χ2v) is 6.61. The van der Waals surface area contributed by atoms with Crippen molar-refractivity contribution in [2.45, 2.75) is 30.3 Å². The van der Waals surface area contributed by atoms with E-state index in [0.29, 0.717) is 6.61 Å². The van der Waals surface area contributed by atoms with Crippen LogP contribution < -0.4 is 10.5 Å². The Balaban J connectivity index is 2.09. The van der Waals surface area contributed by atoms with Gasteiger partial charge in [0.1, 0.15) is 4.90 Å². The predicted molar refractivity (Wildman–Crippen MR) is 74.6 cm³/mol. The molecule has 1 saturated heterocycles. The standard InChI is InChI=1S/C12H17ClN2O3S/c13-10-5-3-6-11(14)12(10)19(16,17)15-8-9-4-1-2-7-18-9/h3,5-6,9,15H,1-2,4,7-8,14H2. The van der Waals surface area contributed by atoms with Crippen LogP contribution in [0.2, 0.25) is 5.02 Å². The van der Waals surface area contributed by atoms with Crippen LogP contribution >= 0.6 is 11.6 Å². The summed E-state index contributed by atoms with van der Waals surface area (Å²) in [6.45, 7) is 0.924. The maximum absolute atomic E-state index is 12.2. The number of anilines is 1. The number of nitrogens with two attached hydrogens (primary N) is 1. The van der Waals surface area contributed by atoms with E-state index in [9.17, 15) is 8.42 Å². The van der Waals surface area contributed by atoms with E-state index in [0.717, 1.165) is 19.3 Å². The number of benzene rings is 1. The van der Waals surface area contributed by atoms with E-state index in [1.54, 1.807) is 6.07 Å². The first-order valence-electron chi connectivity index (χ1n) is 6.16. The van der Waals surface area contributed by atoms with Crippen molar-refractivity contribution in [1.82, 2.24) is 4.72 Å². The molecule has 1 atom stereocenters. The van der Waals surface area contributed by atoms with E-state index < -0.39 is 10.0 Å². The highest BCUT2D eigenvalue weighted by atomic mass is 35.5.